The van der Waals surface area contributed by atoms with Crippen molar-refractivity contribution in [3.63, 3.8) is 0 Å². The van der Waals surface area contributed by atoms with Gasteiger partial charge in [0.1, 0.15) is 12.2 Å². The first-order valence-corrected chi connectivity index (χ1v) is 16.1. The van der Waals surface area contributed by atoms with Gasteiger partial charge in [0, 0.05) is 16.5 Å². The summed E-state index contributed by atoms with van der Waals surface area (Å²) < 4.78 is 13.1. The van der Waals surface area contributed by atoms with E-state index in [1.165, 1.54) is 0 Å². The quantitative estimate of drug-likeness (QED) is 0.272. The van der Waals surface area contributed by atoms with Crippen molar-refractivity contribution in [2.24, 2.45) is 0 Å². The normalized spacial score (nSPS) is 22.1. The highest BCUT2D eigenvalue weighted by Crippen LogP contribution is 2.52. The summed E-state index contributed by atoms with van der Waals surface area (Å²) in [6.07, 6.45) is 6.50. The Labute approximate surface area is 234 Å². The van der Waals surface area contributed by atoms with Gasteiger partial charge in [-0.15, -0.1) is 6.58 Å². The molecule has 1 aliphatic rings. The molecule has 7 heteroatoms. The van der Waals surface area contributed by atoms with Gasteiger partial charge in [0.05, 0.1) is 24.6 Å². The van der Waals surface area contributed by atoms with E-state index in [1.54, 1.807) is 6.08 Å². The smallest absolute Gasteiger partial charge is 0.253 e. The van der Waals surface area contributed by atoms with Crippen LogP contribution in [0.1, 0.15) is 63.8 Å². The van der Waals surface area contributed by atoms with Crippen LogP contribution in [0.2, 0.25) is 10.0 Å². The van der Waals surface area contributed by atoms with Crippen molar-refractivity contribution >= 4 is 39.1 Å². The average Bonchev–Trinajstić information content (AvgIpc) is 2.83. The predicted molar refractivity (Wildman–Crippen MR) is 159 cm³/mol. The maximum atomic E-state index is 14.0. The highest BCUT2D eigenvalue weighted by Gasteiger charge is 2.46. The Bertz CT molecular complexity index is 1070. The third-order valence-electron chi connectivity index (χ3n) is 7.41. The van der Waals surface area contributed by atoms with E-state index in [0.29, 0.717) is 29.0 Å². The van der Waals surface area contributed by atoms with E-state index >= 15 is 0 Å². The van der Waals surface area contributed by atoms with Crippen molar-refractivity contribution in [2.45, 2.75) is 69.6 Å². The second-order valence-corrected chi connectivity index (χ2v) is 16.5. The Morgan fingerprint density at radius 1 is 1.11 bits per heavy atom. The van der Waals surface area contributed by atoms with E-state index in [-0.39, 0.29) is 22.7 Å². The molecular weight excluding hydrogens is 525 g/mol. The van der Waals surface area contributed by atoms with Gasteiger partial charge in [-0.1, -0.05) is 81.2 Å². The molecule has 0 aliphatic carbocycles. The molecule has 1 amide bonds. The zero-order chi connectivity index (χ0) is 27.4. The molecule has 0 bridgehead atoms. The number of hydrogen-bond acceptors (Lipinski definition) is 3. The van der Waals surface area contributed by atoms with Crippen molar-refractivity contribution in [2.75, 3.05) is 25.1 Å². The van der Waals surface area contributed by atoms with Gasteiger partial charge in [-0.2, -0.15) is 0 Å². The van der Waals surface area contributed by atoms with Gasteiger partial charge in [-0.05, 0) is 59.1 Å². The maximum absolute atomic E-state index is 14.0. The van der Waals surface area contributed by atoms with Crippen molar-refractivity contribution in [3.8, 4) is 0 Å². The van der Waals surface area contributed by atoms with Crippen LogP contribution in [0.4, 0.5) is 0 Å². The topological polar surface area (TPSA) is 38.8 Å². The largest absolute Gasteiger partial charge is 0.370 e. The number of amides is 1. The lowest BCUT2D eigenvalue weighted by atomic mass is 9.89. The molecule has 1 saturated heterocycles. The Hall–Kier alpha value is -1.50. The first kappa shape index (κ1) is 30.0. The van der Waals surface area contributed by atoms with Crippen LogP contribution in [0, 0.1) is 0 Å². The lowest BCUT2D eigenvalue weighted by Crippen LogP contribution is -2.55. The second kappa shape index (κ2) is 12.6. The van der Waals surface area contributed by atoms with Crippen molar-refractivity contribution in [1.29, 1.82) is 0 Å². The predicted octanol–water partition coefficient (Wildman–Crippen LogP) is 8.19. The molecule has 37 heavy (non-hydrogen) atoms. The molecule has 0 N–H and O–H groups in total. The molecule has 1 aliphatic heterocycles. The molecule has 0 radical (unpaired) electrons. The summed E-state index contributed by atoms with van der Waals surface area (Å²) in [7, 11) is -0.987. The molecule has 2 aromatic rings. The van der Waals surface area contributed by atoms with Crippen LogP contribution in [-0.4, -0.2) is 52.8 Å². The zero-order valence-corrected chi connectivity index (χ0v) is 25.2. The minimum absolute atomic E-state index is 0.0454. The van der Waals surface area contributed by atoms with E-state index in [4.69, 9.17) is 32.7 Å². The Kier molecular flexibility index (Phi) is 10.2. The molecule has 4 atom stereocenters. The number of carbonyl (C=O) groups excluding carboxylic acids is 1. The molecule has 0 saturated carbocycles. The van der Waals surface area contributed by atoms with Crippen molar-refractivity contribution < 1.29 is 14.3 Å². The van der Waals surface area contributed by atoms with Crippen LogP contribution < -0.4 is 0 Å². The van der Waals surface area contributed by atoms with E-state index in [2.05, 4.69) is 46.8 Å². The van der Waals surface area contributed by atoms with Crippen LogP contribution in [0.25, 0.3) is 0 Å². The Morgan fingerprint density at radius 3 is 2.35 bits per heavy atom. The highest BCUT2D eigenvalue weighted by molar-refractivity contribution is 8.33. The van der Waals surface area contributed by atoms with Crippen LogP contribution in [0.3, 0.4) is 0 Å². The molecule has 0 spiro atoms. The fraction of sp³-hybridized carbons (Fsp3) is 0.500. The fourth-order valence-electron chi connectivity index (χ4n) is 4.38. The van der Waals surface area contributed by atoms with Gasteiger partial charge >= 0.3 is 0 Å². The number of hydrogen-bond donors (Lipinski definition) is 0. The fourth-order valence-corrected chi connectivity index (χ4v) is 5.57. The minimum atomic E-state index is -0.987. The van der Waals surface area contributed by atoms with Crippen LogP contribution in [0.5, 0.6) is 0 Å². The number of ether oxygens (including phenoxy) is 2. The first-order chi connectivity index (χ1) is 17.4. The standard InChI is InChI=1S/C30H41Cl2NO3S/c1-8-11-26-29(34)33(25(9-2)19-35-20-37(6,7)30(3,4)5)27(21-14-16-23(31)17-15-21)28(36-26)22-12-10-13-24(32)18-22/h8,10,12-18,25-28H,1,9,11,19-20H2,2-7H3/t25?,26?,27-,28-/m1/s1. The molecule has 204 valence electrons. The van der Waals surface area contributed by atoms with Gasteiger partial charge in [-0.3, -0.25) is 4.79 Å². The summed E-state index contributed by atoms with van der Waals surface area (Å²) in [5.74, 6) is 0.640. The highest BCUT2D eigenvalue weighted by atomic mass is 35.5. The minimum Gasteiger partial charge on any atom is -0.370 e. The van der Waals surface area contributed by atoms with E-state index in [9.17, 15) is 4.79 Å². The molecule has 4 nitrogen and oxygen atoms in total. The van der Waals surface area contributed by atoms with E-state index < -0.39 is 22.2 Å². The number of rotatable bonds is 10. The lowest BCUT2D eigenvalue weighted by molar-refractivity contribution is -0.181. The Balaban J connectivity index is 2.04. The molecule has 0 aromatic heterocycles. The number of nitrogens with zero attached hydrogens (tertiary/aromatic N) is 1. The van der Waals surface area contributed by atoms with Crippen LogP contribution in [0.15, 0.2) is 61.2 Å². The summed E-state index contributed by atoms with van der Waals surface area (Å²) in [5.41, 5.74) is 1.88. The summed E-state index contributed by atoms with van der Waals surface area (Å²) in [6, 6.07) is 14.9. The second-order valence-electron chi connectivity index (χ2n) is 11.1. The number of benzene rings is 2. The Morgan fingerprint density at radius 2 is 1.78 bits per heavy atom. The summed E-state index contributed by atoms with van der Waals surface area (Å²) >= 11 is 12.6. The van der Waals surface area contributed by atoms with Gasteiger partial charge in [0.15, 0.2) is 0 Å². The monoisotopic (exact) mass is 565 g/mol. The lowest BCUT2D eigenvalue weighted by Gasteiger charge is -2.48. The van der Waals surface area contributed by atoms with Gasteiger partial charge in [0.25, 0.3) is 5.91 Å². The van der Waals surface area contributed by atoms with Crippen LogP contribution in [-0.2, 0) is 14.3 Å². The van der Waals surface area contributed by atoms with Gasteiger partial charge in [-0.25, -0.2) is 10.0 Å². The summed E-state index contributed by atoms with van der Waals surface area (Å²) in [6.45, 7) is 13.2. The molecule has 3 rings (SSSR count). The molecular formula is C30H41Cl2NO3S. The number of halogens is 2. The molecule has 1 heterocycles. The zero-order valence-electron chi connectivity index (χ0n) is 22.9. The van der Waals surface area contributed by atoms with E-state index in [0.717, 1.165) is 17.5 Å². The van der Waals surface area contributed by atoms with Crippen molar-refractivity contribution in [1.82, 2.24) is 4.90 Å². The molecule has 2 unspecified atom stereocenters. The van der Waals surface area contributed by atoms with Gasteiger partial charge in [0.2, 0.25) is 0 Å². The van der Waals surface area contributed by atoms with Crippen molar-refractivity contribution in [3.05, 3.63) is 82.4 Å². The third kappa shape index (κ3) is 7.13. The maximum Gasteiger partial charge on any atom is 0.253 e. The third-order valence-corrected chi connectivity index (χ3v) is 12.0. The van der Waals surface area contributed by atoms with Crippen LogP contribution >= 0.6 is 33.2 Å². The first-order valence-electron chi connectivity index (χ1n) is 12.8. The van der Waals surface area contributed by atoms with Gasteiger partial charge < -0.3 is 14.4 Å². The average molecular weight is 567 g/mol. The summed E-state index contributed by atoms with van der Waals surface area (Å²) in [4.78, 5) is 16.0. The number of carbonyl (C=O) groups is 1. The number of morpholine rings is 1. The van der Waals surface area contributed by atoms with E-state index in [1.807, 2.05) is 53.4 Å². The molecule has 1 fully saturated rings. The molecule has 2 aromatic carbocycles. The summed E-state index contributed by atoms with van der Waals surface area (Å²) in [5, 5.41) is 1.27. The SMILES string of the molecule is C=CCC1O[C@H](c2cccc(Cl)c2)[C@@H](c2ccc(Cl)cc2)N(C(CC)COCS(C)(C)C(C)(C)C)C1=O.